The molecule has 0 aromatic heterocycles. The van der Waals surface area contributed by atoms with Gasteiger partial charge >= 0.3 is 5.97 Å². The number of rotatable bonds is 17. The smallest absolute Gasteiger partial charge is 0.326 e. The third-order valence-corrected chi connectivity index (χ3v) is 5.76. The van der Waals surface area contributed by atoms with E-state index in [2.05, 4.69) is 16.0 Å². The number of hydrogen-bond acceptors (Lipinski definition) is 7. The average molecular weight is 490 g/mol. The predicted molar refractivity (Wildman–Crippen MR) is 132 cm³/mol. The van der Waals surface area contributed by atoms with Crippen molar-refractivity contribution in [1.29, 1.82) is 0 Å². The van der Waals surface area contributed by atoms with Crippen LogP contribution >= 0.6 is 11.8 Å². The summed E-state index contributed by atoms with van der Waals surface area (Å²) in [6.07, 6.45) is 4.31. The lowest BCUT2D eigenvalue weighted by Crippen LogP contribution is -2.57. The molecule has 0 aliphatic rings. The van der Waals surface area contributed by atoms with Gasteiger partial charge in [0.25, 0.3) is 0 Å². The first-order valence-electron chi connectivity index (χ1n) is 11.5. The fourth-order valence-corrected chi connectivity index (χ4v) is 3.65. The molecule has 0 saturated heterocycles. The highest BCUT2D eigenvalue weighted by molar-refractivity contribution is 7.98. The lowest BCUT2D eigenvalue weighted by atomic mass is 10.0. The van der Waals surface area contributed by atoms with Crippen LogP contribution < -0.4 is 27.4 Å². The normalized spacial score (nSPS) is 14.9. The SMILES string of the molecule is CSCCC(N)C(=O)NC(CC(C)C)C(=O)NC(CCCCN)C(=O)NC(C(=O)O)C(C)C. The quantitative estimate of drug-likeness (QED) is 0.159. The number of thioether (sulfide) groups is 1. The maximum absolute atomic E-state index is 13.1. The van der Waals surface area contributed by atoms with Crippen molar-refractivity contribution in [1.82, 2.24) is 16.0 Å². The number of carboxylic acid groups (broad SMARTS) is 1. The fourth-order valence-electron chi connectivity index (χ4n) is 3.16. The minimum Gasteiger partial charge on any atom is -0.480 e. The van der Waals surface area contributed by atoms with Crippen LogP contribution in [0.25, 0.3) is 0 Å². The standard InChI is InChI=1S/C22H43N5O5S/c1-13(2)12-17(26-19(28)15(24)9-11-33-5)21(30)25-16(8-6-7-10-23)20(29)27-18(14(3)4)22(31)32/h13-18H,6-12,23-24H2,1-5H3,(H,25,30)(H,26,28)(H,27,29)(H,31,32). The summed E-state index contributed by atoms with van der Waals surface area (Å²) < 4.78 is 0. The maximum Gasteiger partial charge on any atom is 0.326 e. The first-order chi connectivity index (χ1) is 15.4. The number of unbranched alkanes of at least 4 members (excludes halogenated alkanes) is 1. The molecule has 0 spiro atoms. The summed E-state index contributed by atoms with van der Waals surface area (Å²) >= 11 is 1.58. The van der Waals surface area contributed by atoms with Gasteiger partial charge in [-0.2, -0.15) is 11.8 Å². The molecule has 0 rings (SSSR count). The van der Waals surface area contributed by atoms with Crippen molar-refractivity contribution in [2.45, 2.75) is 84.0 Å². The molecular weight excluding hydrogens is 446 g/mol. The number of carbonyl (C=O) groups excluding carboxylic acids is 3. The second-order valence-electron chi connectivity index (χ2n) is 8.99. The molecule has 4 unspecified atom stereocenters. The Balaban J connectivity index is 5.45. The van der Waals surface area contributed by atoms with Crippen molar-refractivity contribution < 1.29 is 24.3 Å². The third kappa shape index (κ3) is 12.8. The van der Waals surface area contributed by atoms with E-state index in [-0.39, 0.29) is 11.8 Å². The van der Waals surface area contributed by atoms with Gasteiger partial charge in [-0.1, -0.05) is 27.7 Å². The second-order valence-corrected chi connectivity index (χ2v) is 9.98. The molecule has 8 N–H and O–H groups in total. The van der Waals surface area contributed by atoms with Crippen LogP contribution in [0.3, 0.4) is 0 Å². The summed E-state index contributed by atoms with van der Waals surface area (Å²) in [7, 11) is 0. The summed E-state index contributed by atoms with van der Waals surface area (Å²) in [6, 6.07) is -3.61. The van der Waals surface area contributed by atoms with Gasteiger partial charge in [-0.15, -0.1) is 0 Å². The van der Waals surface area contributed by atoms with E-state index in [9.17, 15) is 24.3 Å². The first-order valence-corrected chi connectivity index (χ1v) is 12.9. The van der Waals surface area contributed by atoms with Gasteiger partial charge in [0.15, 0.2) is 0 Å². The lowest BCUT2D eigenvalue weighted by molar-refractivity contribution is -0.143. The molecule has 0 aliphatic heterocycles. The zero-order valence-electron chi connectivity index (χ0n) is 20.6. The Morgan fingerprint density at radius 2 is 1.45 bits per heavy atom. The topological polar surface area (TPSA) is 177 Å². The molecule has 0 saturated carbocycles. The van der Waals surface area contributed by atoms with E-state index in [1.165, 1.54) is 0 Å². The molecule has 11 heteroatoms. The van der Waals surface area contributed by atoms with Crippen molar-refractivity contribution in [3.63, 3.8) is 0 Å². The second kappa shape index (κ2) is 16.7. The zero-order valence-corrected chi connectivity index (χ0v) is 21.4. The molecule has 0 bridgehead atoms. The number of carbonyl (C=O) groups is 4. The van der Waals surface area contributed by atoms with Crippen LogP contribution in [0.15, 0.2) is 0 Å². The summed E-state index contributed by atoms with van der Waals surface area (Å²) in [5.41, 5.74) is 11.5. The summed E-state index contributed by atoms with van der Waals surface area (Å²) in [6.45, 7) is 7.66. The van der Waals surface area contributed by atoms with Crippen molar-refractivity contribution in [3.8, 4) is 0 Å². The van der Waals surface area contributed by atoms with Crippen molar-refractivity contribution in [2.24, 2.45) is 23.3 Å². The number of amides is 3. The molecule has 0 heterocycles. The molecule has 0 aromatic carbocycles. The van der Waals surface area contributed by atoms with Gasteiger partial charge in [0.1, 0.15) is 18.1 Å². The molecule has 0 radical (unpaired) electrons. The highest BCUT2D eigenvalue weighted by atomic mass is 32.2. The summed E-state index contributed by atoms with van der Waals surface area (Å²) in [5.74, 6) is -2.15. The molecule has 10 nitrogen and oxygen atoms in total. The average Bonchev–Trinajstić information content (AvgIpc) is 2.73. The van der Waals surface area contributed by atoms with Gasteiger partial charge in [0.05, 0.1) is 6.04 Å². The third-order valence-electron chi connectivity index (χ3n) is 5.12. The molecule has 4 atom stereocenters. The van der Waals surface area contributed by atoms with Crippen LogP contribution in [0.2, 0.25) is 0 Å². The minimum absolute atomic E-state index is 0.102. The summed E-state index contributed by atoms with van der Waals surface area (Å²) in [4.78, 5) is 49.9. The molecule has 33 heavy (non-hydrogen) atoms. The van der Waals surface area contributed by atoms with Crippen LogP contribution in [0.1, 0.15) is 59.8 Å². The predicted octanol–water partition coefficient (Wildman–Crippen LogP) is 0.437. The Kier molecular flexibility index (Phi) is 15.8. The van der Waals surface area contributed by atoms with Crippen molar-refractivity contribution in [2.75, 3.05) is 18.6 Å². The Morgan fingerprint density at radius 3 is 1.94 bits per heavy atom. The molecule has 0 aromatic rings. The van der Waals surface area contributed by atoms with Crippen LogP contribution in [-0.4, -0.2) is 71.5 Å². The Bertz CT molecular complexity index is 632. The fraction of sp³-hybridized carbons (Fsp3) is 0.818. The number of nitrogens with two attached hydrogens (primary N) is 2. The highest BCUT2D eigenvalue weighted by Crippen LogP contribution is 2.10. The molecule has 3 amide bonds. The molecular formula is C22H43N5O5S. The van der Waals surface area contributed by atoms with E-state index in [1.54, 1.807) is 25.6 Å². The molecule has 0 aliphatic carbocycles. The van der Waals surface area contributed by atoms with Gasteiger partial charge in [-0.3, -0.25) is 14.4 Å². The van der Waals surface area contributed by atoms with Crippen LogP contribution in [0.5, 0.6) is 0 Å². The van der Waals surface area contributed by atoms with E-state index in [0.29, 0.717) is 38.6 Å². The van der Waals surface area contributed by atoms with E-state index < -0.39 is 47.9 Å². The van der Waals surface area contributed by atoms with Crippen LogP contribution in [0, 0.1) is 11.8 Å². The van der Waals surface area contributed by atoms with Crippen molar-refractivity contribution >= 4 is 35.5 Å². The van der Waals surface area contributed by atoms with Gasteiger partial charge in [0.2, 0.25) is 17.7 Å². The monoisotopic (exact) mass is 489 g/mol. The summed E-state index contributed by atoms with van der Waals surface area (Å²) in [5, 5.41) is 17.3. The highest BCUT2D eigenvalue weighted by Gasteiger charge is 2.31. The number of hydrogen-bond donors (Lipinski definition) is 6. The molecule has 192 valence electrons. The number of aliphatic carboxylic acids is 1. The number of nitrogens with one attached hydrogen (secondary N) is 3. The van der Waals surface area contributed by atoms with E-state index >= 15 is 0 Å². The Labute approximate surface area is 201 Å². The Hall–Kier alpha value is -1.85. The van der Waals surface area contributed by atoms with E-state index in [4.69, 9.17) is 11.5 Å². The number of carboxylic acids is 1. The van der Waals surface area contributed by atoms with Gasteiger partial charge < -0.3 is 32.5 Å². The van der Waals surface area contributed by atoms with Crippen molar-refractivity contribution in [3.05, 3.63) is 0 Å². The van der Waals surface area contributed by atoms with Gasteiger partial charge in [-0.25, -0.2) is 4.79 Å². The largest absolute Gasteiger partial charge is 0.480 e. The lowest BCUT2D eigenvalue weighted by Gasteiger charge is -2.26. The van der Waals surface area contributed by atoms with E-state index in [0.717, 1.165) is 5.75 Å². The Morgan fingerprint density at radius 1 is 0.879 bits per heavy atom. The molecule has 0 fully saturated rings. The van der Waals surface area contributed by atoms with Gasteiger partial charge in [0, 0.05) is 0 Å². The van der Waals surface area contributed by atoms with Crippen LogP contribution in [0.4, 0.5) is 0 Å². The van der Waals surface area contributed by atoms with Gasteiger partial charge in [-0.05, 0) is 62.5 Å². The first kappa shape index (κ1) is 31.1. The van der Waals surface area contributed by atoms with Crippen LogP contribution in [-0.2, 0) is 19.2 Å². The minimum atomic E-state index is -1.14. The maximum atomic E-state index is 13.1. The van der Waals surface area contributed by atoms with E-state index in [1.807, 2.05) is 20.1 Å². The zero-order chi connectivity index (χ0) is 25.6.